The predicted octanol–water partition coefficient (Wildman–Crippen LogP) is 2.99. The zero-order chi connectivity index (χ0) is 20.2. The molecule has 0 saturated carbocycles. The fraction of sp³-hybridized carbons (Fsp3) is 0.286. The Morgan fingerprint density at radius 3 is 2.52 bits per heavy atom. The van der Waals surface area contributed by atoms with Crippen molar-refractivity contribution in [3.63, 3.8) is 0 Å². The quantitative estimate of drug-likeness (QED) is 0.661. The van der Waals surface area contributed by atoms with Crippen LogP contribution in [-0.4, -0.2) is 52.9 Å². The number of furan rings is 1. The first-order valence-electron chi connectivity index (χ1n) is 9.42. The van der Waals surface area contributed by atoms with Crippen molar-refractivity contribution in [3.05, 3.63) is 65.8 Å². The molecule has 0 unspecified atom stereocenters. The van der Waals surface area contributed by atoms with Gasteiger partial charge < -0.3 is 18.7 Å². The molecule has 4 rings (SSSR count). The average Bonchev–Trinajstić information content (AvgIpc) is 3.43. The van der Waals surface area contributed by atoms with Gasteiger partial charge in [-0.05, 0) is 36.2 Å². The van der Waals surface area contributed by atoms with E-state index in [1.807, 2.05) is 6.07 Å². The Morgan fingerprint density at radius 2 is 1.79 bits per heavy atom. The van der Waals surface area contributed by atoms with Crippen molar-refractivity contribution in [2.45, 2.75) is 12.8 Å². The minimum Gasteiger partial charge on any atom is -0.461 e. The lowest BCUT2D eigenvalue weighted by molar-refractivity contribution is -0.132. The van der Waals surface area contributed by atoms with E-state index in [9.17, 15) is 14.0 Å². The topological polar surface area (TPSA) is 79.8 Å². The van der Waals surface area contributed by atoms with Crippen molar-refractivity contribution in [2.75, 3.05) is 26.2 Å². The molecular formula is C21H20FN3O4. The fourth-order valence-electron chi connectivity index (χ4n) is 3.33. The number of halogens is 1. The molecule has 7 nitrogen and oxygen atoms in total. The van der Waals surface area contributed by atoms with Crippen molar-refractivity contribution in [2.24, 2.45) is 0 Å². The average molecular weight is 397 g/mol. The van der Waals surface area contributed by atoms with E-state index in [0.717, 1.165) is 5.56 Å². The number of aryl methyl sites for hydroxylation is 1. The van der Waals surface area contributed by atoms with Crippen LogP contribution in [0.4, 0.5) is 4.39 Å². The van der Waals surface area contributed by atoms with Crippen LogP contribution < -0.4 is 0 Å². The van der Waals surface area contributed by atoms with Gasteiger partial charge in [0.05, 0.1) is 6.26 Å². The van der Waals surface area contributed by atoms with Crippen molar-refractivity contribution >= 4 is 11.8 Å². The van der Waals surface area contributed by atoms with Crippen LogP contribution >= 0.6 is 0 Å². The lowest BCUT2D eigenvalue weighted by atomic mass is 10.1. The van der Waals surface area contributed by atoms with Gasteiger partial charge >= 0.3 is 0 Å². The first-order chi connectivity index (χ1) is 14.1. The van der Waals surface area contributed by atoms with E-state index >= 15 is 0 Å². The normalized spacial score (nSPS) is 14.2. The van der Waals surface area contributed by atoms with Gasteiger partial charge in [-0.15, -0.1) is 0 Å². The Morgan fingerprint density at radius 1 is 1.00 bits per heavy atom. The van der Waals surface area contributed by atoms with Gasteiger partial charge in [0.15, 0.2) is 11.5 Å². The highest BCUT2D eigenvalue weighted by Gasteiger charge is 2.27. The monoisotopic (exact) mass is 397 g/mol. The molecule has 1 saturated heterocycles. The largest absolute Gasteiger partial charge is 0.461 e. The molecule has 2 aromatic heterocycles. The van der Waals surface area contributed by atoms with E-state index in [1.54, 1.807) is 34.1 Å². The van der Waals surface area contributed by atoms with Gasteiger partial charge in [-0.25, -0.2) is 4.39 Å². The molecule has 0 radical (unpaired) electrons. The third-order valence-corrected chi connectivity index (χ3v) is 4.93. The molecule has 1 aromatic carbocycles. The van der Waals surface area contributed by atoms with Crippen LogP contribution in [0.25, 0.3) is 11.5 Å². The van der Waals surface area contributed by atoms with E-state index in [1.165, 1.54) is 18.4 Å². The standard InChI is InChI=1S/C21H20FN3O4/c22-16-4-1-3-15(13-16)6-7-20(26)24-8-10-25(11-9-24)21(27)17-14-19(29-23-17)18-5-2-12-28-18/h1-5,12-14H,6-11H2. The number of amides is 2. The molecule has 0 atom stereocenters. The summed E-state index contributed by atoms with van der Waals surface area (Å²) in [4.78, 5) is 28.5. The lowest BCUT2D eigenvalue weighted by Gasteiger charge is -2.34. The van der Waals surface area contributed by atoms with Gasteiger partial charge in [0.2, 0.25) is 11.7 Å². The molecule has 0 N–H and O–H groups in total. The van der Waals surface area contributed by atoms with E-state index < -0.39 is 0 Å². The van der Waals surface area contributed by atoms with E-state index in [-0.39, 0.29) is 23.3 Å². The molecule has 29 heavy (non-hydrogen) atoms. The molecule has 1 aliphatic heterocycles. The Hall–Kier alpha value is -3.42. The van der Waals surface area contributed by atoms with E-state index in [4.69, 9.17) is 8.94 Å². The van der Waals surface area contributed by atoms with Gasteiger partial charge in [0.1, 0.15) is 5.82 Å². The molecular weight excluding hydrogens is 377 g/mol. The van der Waals surface area contributed by atoms with Crippen molar-refractivity contribution in [1.29, 1.82) is 0 Å². The Kier molecular flexibility index (Phi) is 5.41. The number of piperazine rings is 1. The highest BCUT2D eigenvalue weighted by molar-refractivity contribution is 5.93. The van der Waals surface area contributed by atoms with Crippen LogP contribution in [0.3, 0.4) is 0 Å². The minimum absolute atomic E-state index is 0.00269. The van der Waals surface area contributed by atoms with Crippen molar-refractivity contribution in [1.82, 2.24) is 15.0 Å². The summed E-state index contributed by atoms with van der Waals surface area (Å²) in [6.45, 7) is 1.76. The zero-order valence-corrected chi connectivity index (χ0v) is 15.7. The lowest BCUT2D eigenvalue weighted by Crippen LogP contribution is -2.50. The van der Waals surface area contributed by atoms with E-state index in [2.05, 4.69) is 5.16 Å². The summed E-state index contributed by atoms with van der Waals surface area (Å²) in [5, 5.41) is 3.83. The number of carbonyl (C=O) groups excluding carboxylic acids is 2. The van der Waals surface area contributed by atoms with Gasteiger partial charge in [0, 0.05) is 38.7 Å². The highest BCUT2D eigenvalue weighted by Crippen LogP contribution is 2.21. The predicted molar refractivity (Wildman–Crippen MR) is 101 cm³/mol. The SMILES string of the molecule is O=C(CCc1cccc(F)c1)N1CCN(C(=O)c2cc(-c3ccco3)on2)CC1. The number of benzene rings is 1. The molecule has 3 aromatic rings. The maximum absolute atomic E-state index is 13.2. The summed E-state index contributed by atoms with van der Waals surface area (Å²) in [6.07, 6.45) is 2.32. The summed E-state index contributed by atoms with van der Waals surface area (Å²) < 4.78 is 23.7. The highest BCUT2D eigenvalue weighted by atomic mass is 19.1. The maximum Gasteiger partial charge on any atom is 0.276 e. The van der Waals surface area contributed by atoms with Crippen LogP contribution in [0.1, 0.15) is 22.5 Å². The van der Waals surface area contributed by atoms with Gasteiger partial charge in [-0.1, -0.05) is 17.3 Å². The second-order valence-corrected chi connectivity index (χ2v) is 6.86. The van der Waals surface area contributed by atoms with Crippen molar-refractivity contribution in [3.8, 4) is 11.5 Å². The summed E-state index contributed by atoms with van der Waals surface area (Å²) in [5.74, 6) is 0.362. The molecule has 150 valence electrons. The number of hydrogen-bond donors (Lipinski definition) is 0. The van der Waals surface area contributed by atoms with Gasteiger partial charge in [0.25, 0.3) is 5.91 Å². The molecule has 0 bridgehead atoms. The fourth-order valence-corrected chi connectivity index (χ4v) is 3.33. The Bertz CT molecular complexity index is 991. The number of hydrogen-bond acceptors (Lipinski definition) is 5. The zero-order valence-electron chi connectivity index (χ0n) is 15.7. The molecule has 8 heteroatoms. The Labute approximate surface area is 166 Å². The summed E-state index contributed by atoms with van der Waals surface area (Å²) >= 11 is 0. The molecule has 1 fully saturated rings. The Balaban J connectivity index is 1.28. The minimum atomic E-state index is -0.301. The second-order valence-electron chi connectivity index (χ2n) is 6.86. The first kappa shape index (κ1) is 18.9. The molecule has 0 spiro atoms. The van der Waals surface area contributed by atoms with Crippen LogP contribution in [-0.2, 0) is 11.2 Å². The van der Waals surface area contributed by atoms with E-state index in [0.29, 0.717) is 50.5 Å². The number of rotatable bonds is 5. The van der Waals surface area contributed by atoms with Crippen LogP contribution in [0.15, 0.2) is 57.7 Å². The summed E-state index contributed by atoms with van der Waals surface area (Å²) in [5.41, 5.74) is 1.01. The van der Waals surface area contributed by atoms with Crippen LogP contribution in [0.2, 0.25) is 0 Å². The molecule has 1 aliphatic rings. The first-order valence-corrected chi connectivity index (χ1v) is 9.42. The molecule has 2 amide bonds. The van der Waals surface area contributed by atoms with Crippen LogP contribution in [0, 0.1) is 5.82 Å². The third-order valence-electron chi connectivity index (χ3n) is 4.93. The van der Waals surface area contributed by atoms with Crippen molar-refractivity contribution < 1.29 is 22.9 Å². The molecule has 3 heterocycles. The summed E-state index contributed by atoms with van der Waals surface area (Å²) in [6, 6.07) is 11.3. The number of nitrogens with zero attached hydrogens (tertiary/aromatic N) is 3. The third kappa shape index (κ3) is 4.37. The second kappa shape index (κ2) is 8.30. The molecule has 0 aliphatic carbocycles. The van der Waals surface area contributed by atoms with Gasteiger partial charge in [-0.3, -0.25) is 9.59 Å². The smallest absolute Gasteiger partial charge is 0.276 e. The van der Waals surface area contributed by atoms with Crippen LogP contribution in [0.5, 0.6) is 0 Å². The maximum atomic E-state index is 13.2. The number of aromatic nitrogens is 1. The van der Waals surface area contributed by atoms with Gasteiger partial charge in [-0.2, -0.15) is 0 Å². The summed E-state index contributed by atoms with van der Waals surface area (Å²) in [7, 11) is 0. The number of carbonyl (C=O) groups is 2.